The number of hydrogen-bond acceptors (Lipinski definition) is 3. The molecule has 0 aromatic heterocycles. The van der Waals surface area contributed by atoms with Gasteiger partial charge in [-0.15, -0.1) is 0 Å². The number of nitrogens with one attached hydrogen (secondary N) is 1. The Morgan fingerprint density at radius 1 is 1.53 bits per heavy atom. The lowest BCUT2D eigenvalue weighted by Gasteiger charge is -2.18. The molecule has 1 aliphatic rings. The van der Waals surface area contributed by atoms with Crippen LogP contribution >= 0.6 is 11.6 Å². The summed E-state index contributed by atoms with van der Waals surface area (Å²) in [5.74, 6) is 0.301. The molecule has 1 fully saturated rings. The van der Waals surface area contributed by atoms with Crippen LogP contribution in [-0.2, 0) is 4.79 Å². The van der Waals surface area contributed by atoms with Gasteiger partial charge in [-0.3, -0.25) is 4.79 Å². The highest BCUT2D eigenvalue weighted by Crippen LogP contribution is 2.44. The van der Waals surface area contributed by atoms with E-state index >= 15 is 0 Å². The van der Waals surface area contributed by atoms with Crippen molar-refractivity contribution in [2.45, 2.75) is 25.9 Å². The highest BCUT2D eigenvalue weighted by molar-refractivity contribution is 6.32. The minimum atomic E-state index is -0.616. The highest BCUT2D eigenvalue weighted by atomic mass is 35.5. The number of hydrogen-bond donors (Lipinski definition) is 2. The van der Waals surface area contributed by atoms with Crippen LogP contribution in [0.2, 0.25) is 5.02 Å². The molecular weight excluding hydrogens is 266 g/mol. The van der Waals surface area contributed by atoms with E-state index in [1.54, 1.807) is 31.2 Å². The van der Waals surface area contributed by atoms with Crippen LogP contribution in [0.25, 0.3) is 0 Å². The fourth-order valence-electron chi connectivity index (χ4n) is 1.77. The summed E-state index contributed by atoms with van der Waals surface area (Å²) in [5, 5.41) is 12.5. The van der Waals surface area contributed by atoms with Crippen molar-refractivity contribution >= 4 is 17.5 Å². The number of para-hydroxylation sites is 1. The molecule has 1 aromatic rings. The second kappa shape index (κ2) is 5.80. The number of carbonyl (C=O) groups is 1. The Bertz CT molecular complexity index is 460. The Morgan fingerprint density at radius 3 is 2.79 bits per heavy atom. The molecule has 1 amide bonds. The molecule has 0 spiro atoms. The average Bonchev–Trinajstić information content (AvgIpc) is 3.19. The standard InChI is InChI=1S/C14H18ClNO3/c1-10(19-12-5-3-2-4-11(12)15)13(18)16-8-14(9-17)6-7-14/h2-5,10,17H,6-9H2,1H3,(H,16,18). The van der Waals surface area contributed by atoms with E-state index in [1.165, 1.54) is 0 Å². The Balaban J connectivity index is 1.84. The molecule has 0 bridgehead atoms. The molecule has 2 N–H and O–H groups in total. The maximum Gasteiger partial charge on any atom is 0.260 e. The van der Waals surface area contributed by atoms with Gasteiger partial charge in [0.25, 0.3) is 5.91 Å². The van der Waals surface area contributed by atoms with E-state index in [-0.39, 0.29) is 17.9 Å². The van der Waals surface area contributed by atoms with E-state index in [0.29, 0.717) is 17.3 Å². The van der Waals surface area contributed by atoms with Crippen LogP contribution in [0.15, 0.2) is 24.3 Å². The molecule has 0 aliphatic heterocycles. The molecular formula is C14H18ClNO3. The first-order chi connectivity index (χ1) is 9.06. The number of amides is 1. The van der Waals surface area contributed by atoms with Gasteiger partial charge in [0.2, 0.25) is 0 Å². The van der Waals surface area contributed by atoms with Gasteiger partial charge in [0.1, 0.15) is 5.75 Å². The van der Waals surface area contributed by atoms with Crippen molar-refractivity contribution in [3.63, 3.8) is 0 Å². The normalized spacial score (nSPS) is 17.6. The number of benzene rings is 1. The van der Waals surface area contributed by atoms with Crippen LogP contribution in [-0.4, -0.2) is 30.3 Å². The molecule has 1 saturated carbocycles. The molecule has 1 aromatic carbocycles. The summed E-state index contributed by atoms with van der Waals surface area (Å²) in [6, 6.07) is 7.05. The molecule has 4 nitrogen and oxygen atoms in total. The Kier molecular flexibility index (Phi) is 4.32. The van der Waals surface area contributed by atoms with Gasteiger partial charge in [0, 0.05) is 12.0 Å². The summed E-state index contributed by atoms with van der Waals surface area (Å²) in [6.45, 7) is 2.29. The van der Waals surface area contributed by atoms with Crippen molar-refractivity contribution in [3.8, 4) is 5.75 Å². The molecule has 0 radical (unpaired) electrons. The zero-order chi connectivity index (χ0) is 13.9. The maximum atomic E-state index is 11.9. The maximum absolute atomic E-state index is 11.9. The zero-order valence-corrected chi connectivity index (χ0v) is 11.6. The van der Waals surface area contributed by atoms with Gasteiger partial charge in [0.15, 0.2) is 6.10 Å². The smallest absolute Gasteiger partial charge is 0.260 e. The van der Waals surface area contributed by atoms with Gasteiger partial charge in [-0.2, -0.15) is 0 Å². The number of carbonyl (C=O) groups excluding carboxylic acids is 1. The Morgan fingerprint density at radius 2 is 2.21 bits per heavy atom. The van der Waals surface area contributed by atoms with E-state index < -0.39 is 6.10 Å². The molecule has 19 heavy (non-hydrogen) atoms. The first-order valence-electron chi connectivity index (χ1n) is 6.36. The fraction of sp³-hybridized carbons (Fsp3) is 0.500. The molecule has 1 atom stereocenters. The third kappa shape index (κ3) is 3.61. The lowest BCUT2D eigenvalue weighted by Crippen LogP contribution is -2.40. The number of halogens is 1. The van der Waals surface area contributed by atoms with Crippen molar-refractivity contribution < 1.29 is 14.6 Å². The van der Waals surface area contributed by atoms with Crippen molar-refractivity contribution in [2.24, 2.45) is 5.41 Å². The molecule has 0 saturated heterocycles. The predicted molar refractivity (Wildman–Crippen MR) is 73.3 cm³/mol. The molecule has 104 valence electrons. The average molecular weight is 284 g/mol. The summed E-state index contributed by atoms with van der Waals surface area (Å²) in [7, 11) is 0. The second-order valence-electron chi connectivity index (χ2n) is 5.07. The van der Waals surface area contributed by atoms with Gasteiger partial charge in [0.05, 0.1) is 11.6 Å². The monoisotopic (exact) mass is 283 g/mol. The van der Waals surface area contributed by atoms with Crippen molar-refractivity contribution in [3.05, 3.63) is 29.3 Å². The fourth-order valence-corrected chi connectivity index (χ4v) is 1.95. The predicted octanol–water partition coefficient (Wildman–Crippen LogP) is 2.00. The van der Waals surface area contributed by atoms with E-state index in [0.717, 1.165) is 12.8 Å². The number of aliphatic hydroxyl groups is 1. The van der Waals surface area contributed by atoms with Gasteiger partial charge >= 0.3 is 0 Å². The topological polar surface area (TPSA) is 58.6 Å². The lowest BCUT2D eigenvalue weighted by atomic mass is 10.1. The molecule has 2 rings (SSSR count). The zero-order valence-electron chi connectivity index (χ0n) is 10.9. The quantitative estimate of drug-likeness (QED) is 0.839. The van der Waals surface area contributed by atoms with E-state index in [9.17, 15) is 9.90 Å². The van der Waals surface area contributed by atoms with E-state index in [1.807, 2.05) is 0 Å². The first-order valence-corrected chi connectivity index (χ1v) is 6.74. The van der Waals surface area contributed by atoms with Gasteiger partial charge < -0.3 is 15.2 Å². The minimum absolute atomic E-state index is 0.0974. The highest BCUT2D eigenvalue weighted by Gasteiger charge is 2.42. The van der Waals surface area contributed by atoms with Gasteiger partial charge in [-0.1, -0.05) is 23.7 Å². The summed E-state index contributed by atoms with van der Waals surface area (Å²) in [5.41, 5.74) is -0.0974. The summed E-state index contributed by atoms with van der Waals surface area (Å²) < 4.78 is 5.52. The minimum Gasteiger partial charge on any atom is -0.479 e. The molecule has 1 unspecified atom stereocenters. The summed E-state index contributed by atoms with van der Waals surface area (Å²) in [4.78, 5) is 11.9. The molecule has 5 heteroatoms. The van der Waals surface area contributed by atoms with Crippen LogP contribution in [0.3, 0.4) is 0 Å². The number of ether oxygens (including phenoxy) is 1. The van der Waals surface area contributed by atoms with Crippen molar-refractivity contribution in [2.75, 3.05) is 13.2 Å². The van der Waals surface area contributed by atoms with Crippen LogP contribution < -0.4 is 10.1 Å². The van der Waals surface area contributed by atoms with Crippen LogP contribution in [0, 0.1) is 5.41 Å². The Hall–Kier alpha value is -1.26. The third-order valence-corrected chi connectivity index (χ3v) is 3.75. The second-order valence-corrected chi connectivity index (χ2v) is 5.47. The largest absolute Gasteiger partial charge is 0.479 e. The SMILES string of the molecule is CC(Oc1ccccc1Cl)C(=O)NCC1(CO)CC1. The molecule has 0 heterocycles. The van der Waals surface area contributed by atoms with Crippen LogP contribution in [0.5, 0.6) is 5.75 Å². The summed E-state index contributed by atoms with van der Waals surface area (Å²) in [6.07, 6.45) is 1.31. The number of rotatable bonds is 6. The van der Waals surface area contributed by atoms with E-state index in [4.69, 9.17) is 16.3 Å². The van der Waals surface area contributed by atoms with Gasteiger partial charge in [-0.25, -0.2) is 0 Å². The number of aliphatic hydroxyl groups excluding tert-OH is 1. The van der Waals surface area contributed by atoms with Crippen molar-refractivity contribution in [1.29, 1.82) is 0 Å². The van der Waals surface area contributed by atoms with Crippen LogP contribution in [0.4, 0.5) is 0 Å². The van der Waals surface area contributed by atoms with Crippen LogP contribution in [0.1, 0.15) is 19.8 Å². The Labute approximate surface area is 117 Å². The first kappa shape index (κ1) is 14.2. The third-order valence-electron chi connectivity index (χ3n) is 3.44. The molecule has 1 aliphatic carbocycles. The van der Waals surface area contributed by atoms with E-state index in [2.05, 4.69) is 5.32 Å². The van der Waals surface area contributed by atoms with Gasteiger partial charge in [-0.05, 0) is 31.9 Å². The van der Waals surface area contributed by atoms with Crippen molar-refractivity contribution in [1.82, 2.24) is 5.32 Å². The lowest BCUT2D eigenvalue weighted by molar-refractivity contribution is -0.127. The summed E-state index contributed by atoms with van der Waals surface area (Å²) >= 11 is 5.97.